The fraction of sp³-hybridized carbons (Fsp3) is 0.375. The summed E-state index contributed by atoms with van der Waals surface area (Å²) in [6.07, 6.45) is 1.43. The van der Waals surface area contributed by atoms with Crippen LogP contribution >= 0.6 is 11.6 Å². The van der Waals surface area contributed by atoms with Gasteiger partial charge in [-0.05, 0) is 13.8 Å². The lowest BCUT2D eigenvalue weighted by atomic mass is 10.5. The predicted molar refractivity (Wildman–Crippen MR) is 50.7 cm³/mol. The average molecular weight is 197 g/mol. The monoisotopic (exact) mass is 196 g/mol. The van der Waals surface area contributed by atoms with E-state index in [0.717, 1.165) is 17.9 Å². The molecular weight excluding hydrogens is 188 g/mol. The number of hydrogen-bond donors (Lipinski definition) is 0. The smallest absolute Gasteiger partial charge is 0.182 e. The highest BCUT2D eigenvalue weighted by atomic mass is 35.5. The molecule has 0 aliphatic heterocycles. The van der Waals surface area contributed by atoms with Crippen LogP contribution in [0.15, 0.2) is 6.33 Å². The molecule has 0 bridgehead atoms. The zero-order valence-corrected chi connectivity index (χ0v) is 8.21. The minimum Gasteiger partial charge on any atom is -0.325 e. The third-order valence-electron chi connectivity index (χ3n) is 2.00. The van der Waals surface area contributed by atoms with E-state index < -0.39 is 0 Å². The van der Waals surface area contributed by atoms with E-state index in [9.17, 15) is 0 Å². The first kappa shape index (κ1) is 8.44. The lowest BCUT2D eigenvalue weighted by Gasteiger charge is -2.01. The van der Waals surface area contributed by atoms with Crippen LogP contribution < -0.4 is 0 Å². The summed E-state index contributed by atoms with van der Waals surface area (Å²) in [6.45, 7) is 4.80. The molecule has 0 fully saturated rings. The quantitative estimate of drug-likeness (QED) is 0.654. The summed E-state index contributed by atoms with van der Waals surface area (Å²) >= 11 is 5.94. The van der Waals surface area contributed by atoms with Crippen LogP contribution in [0, 0.1) is 6.92 Å². The molecule has 0 radical (unpaired) electrons. The molecule has 0 spiro atoms. The highest BCUT2D eigenvalue weighted by Crippen LogP contribution is 2.19. The zero-order chi connectivity index (χ0) is 9.42. The van der Waals surface area contributed by atoms with Crippen molar-refractivity contribution in [3.63, 3.8) is 0 Å². The van der Waals surface area contributed by atoms with Gasteiger partial charge < -0.3 is 4.57 Å². The van der Waals surface area contributed by atoms with Gasteiger partial charge in [0.05, 0.1) is 0 Å². The molecule has 5 heteroatoms. The van der Waals surface area contributed by atoms with E-state index in [-0.39, 0.29) is 0 Å². The minimum absolute atomic E-state index is 0.465. The van der Waals surface area contributed by atoms with Crippen molar-refractivity contribution in [2.24, 2.45) is 0 Å². The van der Waals surface area contributed by atoms with Crippen LogP contribution in [-0.4, -0.2) is 19.5 Å². The molecule has 2 rings (SSSR count). The topological polar surface area (TPSA) is 43.6 Å². The molecule has 0 saturated heterocycles. The van der Waals surface area contributed by atoms with Crippen molar-refractivity contribution >= 4 is 22.8 Å². The maximum absolute atomic E-state index is 5.94. The second-order valence-corrected chi connectivity index (χ2v) is 3.10. The fourth-order valence-electron chi connectivity index (χ4n) is 1.43. The van der Waals surface area contributed by atoms with Gasteiger partial charge in [-0.25, -0.2) is 15.0 Å². The Balaban J connectivity index is 2.88. The molecule has 13 heavy (non-hydrogen) atoms. The molecule has 2 aromatic rings. The number of hydrogen-bond acceptors (Lipinski definition) is 3. The average Bonchev–Trinajstić information content (AvgIpc) is 2.42. The van der Waals surface area contributed by atoms with E-state index in [1.54, 1.807) is 0 Å². The van der Waals surface area contributed by atoms with Gasteiger partial charge in [0, 0.05) is 6.54 Å². The van der Waals surface area contributed by atoms with E-state index in [1.165, 1.54) is 6.33 Å². The first-order chi connectivity index (χ1) is 6.24. The molecule has 0 amide bonds. The third-order valence-corrected chi connectivity index (χ3v) is 2.28. The van der Waals surface area contributed by atoms with Crippen molar-refractivity contribution in [2.75, 3.05) is 0 Å². The minimum atomic E-state index is 0.465. The highest BCUT2D eigenvalue weighted by molar-refractivity contribution is 6.33. The van der Waals surface area contributed by atoms with Gasteiger partial charge >= 0.3 is 0 Å². The zero-order valence-electron chi connectivity index (χ0n) is 7.45. The van der Waals surface area contributed by atoms with E-state index >= 15 is 0 Å². The normalized spacial score (nSPS) is 11.0. The largest absolute Gasteiger partial charge is 0.325 e. The van der Waals surface area contributed by atoms with Crippen molar-refractivity contribution in [1.82, 2.24) is 19.5 Å². The lowest BCUT2D eigenvalue weighted by Crippen LogP contribution is -1.97. The first-order valence-corrected chi connectivity index (χ1v) is 4.45. The summed E-state index contributed by atoms with van der Waals surface area (Å²) < 4.78 is 2.00. The van der Waals surface area contributed by atoms with Crippen LogP contribution in [0.1, 0.15) is 12.7 Å². The van der Waals surface area contributed by atoms with Gasteiger partial charge in [-0.3, -0.25) is 0 Å². The molecular formula is C8H9ClN4. The summed E-state index contributed by atoms with van der Waals surface area (Å²) in [5.74, 6) is 0.917. The Morgan fingerprint density at radius 1 is 1.46 bits per heavy atom. The molecule has 0 unspecified atom stereocenters. The van der Waals surface area contributed by atoms with Crippen molar-refractivity contribution in [2.45, 2.75) is 20.4 Å². The summed E-state index contributed by atoms with van der Waals surface area (Å²) in [5.41, 5.74) is 1.49. The van der Waals surface area contributed by atoms with E-state index in [0.29, 0.717) is 10.8 Å². The number of imidazole rings is 1. The van der Waals surface area contributed by atoms with Gasteiger partial charge in [0.15, 0.2) is 10.8 Å². The molecule has 0 aromatic carbocycles. The SMILES string of the molecule is CCn1c(C)nc2ncnc(Cl)c21. The number of fused-ring (bicyclic) bond motifs is 1. The molecule has 0 atom stereocenters. The number of halogens is 1. The molecule has 0 aliphatic rings. The molecule has 68 valence electrons. The highest BCUT2D eigenvalue weighted by Gasteiger charge is 2.10. The lowest BCUT2D eigenvalue weighted by molar-refractivity contribution is 0.752. The predicted octanol–water partition coefficient (Wildman–Crippen LogP) is 1.81. The fourth-order valence-corrected chi connectivity index (χ4v) is 1.66. The van der Waals surface area contributed by atoms with Gasteiger partial charge in [0.25, 0.3) is 0 Å². The summed E-state index contributed by atoms with van der Waals surface area (Å²) in [4.78, 5) is 12.2. The Labute approximate surface area is 80.6 Å². The Bertz CT molecular complexity index is 449. The second-order valence-electron chi connectivity index (χ2n) is 2.74. The first-order valence-electron chi connectivity index (χ1n) is 4.07. The summed E-state index contributed by atoms with van der Waals surface area (Å²) in [5, 5.41) is 0.465. The number of rotatable bonds is 1. The molecule has 0 saturated carbocycles. The number of nitrogens with zero attached hydrogens (tertiary/aromatic N) is 4. The van der Waals surface area contributed by atoms with Crippen LogP contribution in [0.4, 0.5) is 0 Å². The second kappa shape index (κ2) is 2.96. The standard InChI is InChI=1S/C8H9ClN4/c1-3-13-5(2)12-8-6(13)7(9)10-4-11-8/h4H,3H2,1-2H3. The van der Waals surface area contributed by atoms with Crippen LogP contribution in [0.5, 0.6) is 0 Å². The van der Waals surface area contributed by atoms with Crippen molar-refractivity contribution in [3.05, 3.63) is 17.3 Å². The molecule has 0 aliphatic carbocycles. The Morgan fingerprint density at radius 2 is 2.23 bits per heavy atom. The third kappa shape index (κ3) is 1.18. The number of aromatic nitrogens is 4. The van der Waals surface area contributed by atoms with Gasteiger partial charge in [-0.2, -0.15) is 0 Å². The van der Waals surface area contributed by atoms with Gasteiger partial charge in [0.2, 0.25) is 0 Å². The van der Waals surface area contributed by atoms with Crippen molar-refractivity contribution in [3.8, 4) is 0 Å². The van der Waals surface area contributed by atoms with Crippen LogP contribution in [0.25, 0.3) is 11.2 Å². The molecule has 4 nitrogen and oxygen atoms in total. The summed E-state index contributed by atoms with van der Waals surface area (Å²) in [7, 11) is 0. The van der Waals surface area contributed by atoms with Crippen LogP contribution in [-0.2, 0) is 6.54 Å². The Morgan fingerprint density at radius 3 is 2.92 bits per heavy atom. The van der Waals surface area contributed by atoms with Gasteiger partial charge in [-0.15, -0.1) is 0 Å². The molecule has 2 aromatic heterocycles. The van der Waals surface area contributed by atoms with E-state index in [4.69, 9.17) is 11.6 Å². The van der Waals surface area contributed by atoms with Crippen molar-refractivity contribution in [1.29, 1.82) is 0 Å². The Kier molecular flexibility index (Phi) is 1.92. The van der Waals surface area contributed by atoms with Gasteiger partial charge in [-0.1, -0.05) is 11.6 Å². The molecule has 0 N–H and O–H groups in total. The molecule has 2 heterocycles. The van der Waals surface area contributed by atoms with Crippen LogP contribution in [0.2, 0.25) is 5.15 Å². The van der Waals surface area contributed by atoms with E-state index in [2.05, 4.69) is 15.0 Å². The van der Waals surface area contributed by atoms with Crippen LogP contribution in [0.3, 0.4) is 0 Å². The Hall–Kier alpha value is -1.16. The maximum atomic E-state index is 5.94. The van der Waals surface area contributed by atoms with Crippen molar-refractivity contribution < 1.29 is 0 Å². The van der Waals surface area contributed by atoms with E-state index in [1.807, 2.05) is 18.4 Å². The summed E-state index contributed by atoms with van der Waals surface area (Å²) in [6, 6.07) is 0. The number of aryl methyl sites for hydroxylation is 2. The maximum Gasteiger partial charge on any atom is 0.182 e. The van der Waals surface area contributed by atoms with Gasteiger partial charge in [0.1, 0.15) is 17.7 Å².